The fourth-order valence-electron chi connectivity index (χ4n) is 2.07. The monoisotopic (exact) mass is 315 g/mol. The number of thiophene rings is 1. The maximum atomic E-state index is 12.1. The Hall–Kier alpha value is -1.41. The third kappa shape index (κ3) is 3.80. The third-order valence-corrected chi connectivity index (χ3v) is 4.18. The average molecular weight is 315 g/mol. The van der Waals surface area contributed by atoms with Crippen molar-refractivity contribution in [1.82, 2.24) is 4.90 Å². The van der Waals surface area contributed by atoms with E-state index < -0.39 is 21.7 Å². The van der Waals surface area contributed by atoms with Crippen LogP contribution in [-0.2, 0) is 14.5 Å². The molecule has 1 aromatic rings. The molecule has 1 fully saturated rings. The van der Waals surface area contributed by atoms with E-state index in [1.807, 2.05) is 10.8 Å². The standard InChI is InChI=1S/C12H17N3O3S2/c1-20(2,18)14-11(16)10-4-3-6-15(10)12(17)13-9-5-7-19-8-9/h5,7-8,10H,3-4,6H2,1-2H3,(H,13,17)/t10-/m0/s1. The Balaban J connectivity index is 2.09. The molecule has 2 rings (SSSR count). The van der Waals surface area contributed by atoms with Gasteiger partial charge in [-0.25, -0.2) is 9.00 Å². The molecule has 1 atom stereocenters. The molecule has 0 spiro atoms. The topological polar surface area (TPSA) is 78.8 Å². The largest absolute Gasteiger partial charge is 0.322 e. The first-order chi connectivity index (χ1) is 9.37. The number of anilines is 1. The predicted octanol–water partition coefficient (Wildman–Crippen LogP) is 2.00. The van der Waals surface area contributed by atoms with Crippen LogP contribution >= 0.6 is 11.3 Å². The van der Waals surface area contributed by atoms with E-state index in [-0.39, 0.29) is 6.03 Å². The maximum Gasteiger partial charge on any atom is 0.322 e. The van der Waals surface area contributed by atoms with Crippen LogP contribution in [0.3, 0.4) is 0 Å². The van der Waals surface area contributed by atoms with E-state index in [1.165, 1.54) is 28.7 Å². The van der Waals surface area contributed by atoms with Crippen molar-refractivity contribution < 1.29 is 13.8 Å². The molecular formula is C12H17N3O3S2. The molecule has 0 radical (unpaired) electrons. The number of nitrogens with one attached hydrogen (secondary N) is 1. The fourth-order valence-corrected chi connectivity index (χ4v) is 3.22. The van der Waals surface area contributed by atoms with Gasteiger partial charge in [-0.2, -0.15) is 15.7 Å². The van der Waals surface area contributed by atoms with Crippen LogP contribution in [0.5, 0.6) is 0 Å². The lowest BCUT2D eigenvalue weighted by Crippen LogP contribution is -2.42. The number of hydrogen-bond donors (Lipinski definition) is 1. The number of hydrogen-bond acceptors (Lipinski definition) is 4. The van der Waals surface area contributed by atoms with Crippen molar-refractivity contribution in [3.05, 3.63) is 16.8 Å². The normalized spacial score (nSPS) is 18.9. The van der Waals surface area contributed by atoms with Crippen molar-refractivity contribution in [1.29, 1.82) is 0 Å². The van der Waals surface area contributed by atoms with Crippen molar-refractivity contribution in [3.63, 3.8) is 0 Å². The Kier molecular flexibility index (Phi) is 4.44. The zero-order chi connectivity index (χ0) is 14.8. The number of likely N-dealkylation sites (tertiary alicyclic amines) is 1. The molecule has 1 aromatic heterocycles. The number of urea groups is 1. The minimum absolute atomic E-state index is 0.312. The first kappa shape index (κ1) is 15.0. The molecule has 0 aliphatic carbocycles. The molecule has 1 aliphatic rings. The predicted molar refractivity (Wildman–Crippen MR) is 80.5 cm³/mol. The average Bonchev–Trinajstić information content (AvgIpc) is 2.96. The molecule has 20 heavy (non-hydrogen) atoms. The van der Waals surface area contributed by atoms with E-state index >= 15 is 0 Å². The summed E-state index contributed by atoms with van der Waals surface area (Å²) in [6.45, 7) is 0.510. The summed E-state index contributed by atoms with van der Waals surface area (Å²) in [5.74, 6) is -0.474. The number of carbonyl (C=O) groups excluding carboxylic acids is 2. The molecule has 0 bridgehead atoms. The van der Waals surface area contributed by atoms with Gasteiger partial charge in [-0.1, -0.05) is 0 Å². The molecule has 3 amide bonds. The van der Waals surface area contributed by atoms with Gasteiger partial charge in [0.05, 0.1) is 5.69 Å². The van der Waals surface area contributed by atoms with Crippen LogP contribution in [0.2, 0.25) is 0 Å². The molecule has 6 nitrogen and oxygen atoms in total. The highest BCUT2D eigenvalue weighted by Crippen LogP contribution is 2.21. The smallest absolute Gasteiger partial charge is 0.312 e. The highest BCUT2D eigenvalue weighted by atomic mass is 32.2. The summed E-state index contributed by atoms with van der Waals surface area (Å²) in [6.07, 6.45) is 4.14. The van der Waals surface area contributed by atoms with Gasteiger partial charge in [-0.15, -0.1) is 0 Å². The van der Waals surface area contributed by atoms with Gasteiger partial charge < -0.3 is 10.2 Å². The first-order valence-electron chi connectivity index (χ1n) is 6.17. The molecule has 1 aliphatic heterocycles. The van der Waals surface area contributed by atoms with Crippen molar-refractivity contribution in [2.24, 2.45) is 4.36 Å². The summed E-state index contributed by atoms with van der Waals surface area (Å²) in [7, 11) is -2.49. The van der Waals surface area contributed by atoms with Crippen LogP contribution in [-0.4, -0.2) is 46.1 Å². The number of nitrogens with zero attached hydrogens (tertiary/aromatic N) is 2. The summed E-state index contributed by atoms with van der Waals surface area (Å²) in [5, 5.41) is 6.43. The second-order valence-corrected chi connectivity index (χ2v) is 8.23. The Morgan fingerprint density at radius 2 is 2.25 bits per heavy atom. The minimum atomic E-state index is -2.49. The second kappa shape index (κ2) is 5.92. The summed E-state index contributed by atoms with van der Waals surface area (Å²) < 4.78 is 15.3. The van der Waals surface area contributed by atoms with Gasteiger partial charge in [0.2, 0.25) is 0 Å². The Morgan fingerprint density at radius 1 is 1.50 bits per heavy atom. The zero-order valence-electron chi connectivity index (χ0n) is 11.4. The first-order valence-corrected chi connectivity index (χ1v) is 9.45. The van der Waals surface area contributed by atoms with Crippen LogP contribution in [0.1, 0.15) is 12.8 Å². The van der Waals surface area contributed by atoms with Gasteiger partial charge in [-0.3, -0.25) is 4.79 Å². The van der Waals surface area contributed by atoms with Gasteiger partial charge in [-0.05, 0) is 24.3 Å². The summed E-state index contributed by atoms with van der Waals surface area (Å²) in [5.41, 5.74) is 0.713. The van der Waals surface area contributed by atoms with E-state index in [4.69, 9.17) is 0 Å². The van der Waals surface area contributed by atoms with E-state index in [2.05, 4.69) is 9.68 Å². The quantitative estimate of drug-likeness (QED) is 0.906. The summed E-state index contributed by atoms with van der Waals surface area (Å²) in [6, 6.07) is 0.882. The van der Waals surface area contributed by atoms with Crippen molar-refractivity contribution in [2.45, 2.75) is 18.9 Å². The summed E-state index contributed by atoms with van der Waals surface area (Å²) in [4.78, 5) is 25.6. The van der Waals surface area contributed by atoms with E-state index in [0.717, 1.165) is 6.42 Å². The van der Waals surface area contributed by atoms with Crippen molar-refractivity contribution in [3.8, 4) is 0 Å². The van der Waals surface area contributed by atoms with Crippen LogP contribution in [0.25, 0.3) is 0 Å². The van der Waals surface area contributed by atoms with Crippen LogP contribution in [0.4, 0.5) is 10.5 Å². The van der Waals surface area contributed by atoms with Crippen LogP contribution in [0.15, 0.2) is 21.2 Å². The van der Waals surface area contributed by atoms with E-state index in [9.17, 15) is 13.8 Å². The molecule has 0 aromatic carbocycles. The SMILES string of the molecule is CS(C)(=O)=NC(=O)[C@@H]1CCCN1C(=O)Nc1ccsc1. The molecule has 0 unspecified atom stereocenters. The van der Waals surface area contributed by atoms with Crippen LogP contribution < -0.4 is 5.32 Å². The number of amides is 3. The third-order valence-electron chi connectivity index (χ3n) is 2.88. The lowest BCUT2D eigenvalue weighted by molar-refractivity contribution is -0.121. The molecule has 1 N–H and O–H groups in total. The Bertz CT molecular complexity index is 610. The second-order valence-electron chi connectivity index (χ2n) is 4.90. The van der Waals surface area contributed by atoms with E-state index in [0.29, 0.717) is 18.7 Å². The molecule has 8 heteroatoms. The highest BCUT2D eigenvalue weighted by molar-refractivity contribution is 7.92. The Labute approximate surface area is 122 Å². The molecule has 1 saturated heterocycles. The molecular weight excluding hydrogens is 298 g/mol. The van der Waals surface area contributed by atoms with Gasteiger partial charge >= 0.3 is 6.03 Å². The van der Waals surface area contributed by atoms with Gasteiger partial charge in [0.1, 0.15) is 6.04 Å². The van der Waals surface area contributed by atoms with E-state index in [1.54, 1.807) is 6.07 Å². The van der Waals surface area contributed by atoms with Gasteiger partial charge in [0, 0.05) is 34.2 Å². The highest BCUT2D eigenvalue weighted by Gasteiger charge is 2.34. The van der Waals surface area contributed by atoms with Gasteiger partial charge in [0.25, 0.3) is 5.91 Å². The Morgan fingerprint density at radius 3 is 2.85 bits per heavy atom. The molecule has 2 heterocycles. The number of rotatable bonds is 2. The van der Waals surface area contributed by atoms with Crippen LogP contribution in [0, 0.1) is 0 Å². The summed E-state index contributed by atoms with van der Waals surface area (Å²) >= 11 is 1.48. The minimum Gasteiger partial charge on any atom is -0.312 e. The number of carbonyl (C=O) groups is 2. The fraction of sp³-hybridized carbons (Fsp3) is 0.500. The lowest BCUT2D eigenvalue weighted by Gasteiger charge is -2.22. The van der Waals surface area contributed by atoms with Gasteiger partial charge in [0.15, 0.2) is 0 Å². The van der Waals surface area contributed by atoms with Crippen molar-refractivity contribution in [2.75, 3.05) is 24.4 Å². The molecule has 0 saturated carbocycles. The van der Waals surface area contributed by atoms with Crippen molar-refractivity contribution >= 4 is 38.7 Å². The zero-order valence-corrected chi connectivity index (χ0v) is 13.0. The lowest BCUT2D eigenvalue weighted by atomic mass is 10.2. The maximum absolute atomic E-state index is 12.1. The molecule has 110 valence electrons.